The summed E-state index contributed by atoms with van der Waals surface area (Å²) in [7, 11) is 0. The van der Waals surface area contributed by atoms with Crippen LogP contribution in [0.5, 0.6) is 0 Å². The summed E-state index contributed by atoms with van der Waals surface area (Å²) < 4.78 is 0. The van der Waals surface area contributed by atoms with Crippen LogP contribution in [0.1, 0.15) is 53.4 Å². The number of amides is 4. The highest BCUT2D eigenvalue weighted by Crippen LogP contribution is 2.41. The minimum Gasteiger partial charge on any atom is -0.363 e. The van der Waals surface area contributed by atoms with E-state index >= 15 is 0 Å². The molecule has 4 aliphatic heterocycles. The van der Waals surface area contributed by atoms with Gasteiger partial charge in [-0.2, -0.15) is 0 Å². The maximum atomic E-state index is 12.9. The van der Waals surface area contributed by atoms with Crippen molar-refractivity contribution in [1.29, 1.82) is 0 Å². The number of carbonyl (C=O) groups excluding carboxylic acids is 4. The summed E-state index contributed by atoms with van der Waals surface area (Å²) in [6, 6.07) is 0. The summed E-state index contributed by atoms with van der Waals surface area (Å²) in [5.41, 5.74) is -0.543. The molecule has 10 nitrogen and oxygen atoms in total. The molecule has 0 spiro atoms. The van der Waals surface area contributed by atoms with Gasteiger partial charge in [0, 0.05) is 48.1 Å². The summed E-state index contributed by atoms with van der Waals surface area (Å²) in [5, 5.41) is 13.5. The molecule has 2 unspecified atom stereocenters. The van der Waals surface area contributed by atoms with Crippen LogP contribution >= 0.6 is 48.0 Å². The Hall–Kier alpha value is -2.16. The van der Waals surface area contributed by atoms with E-state index in [2.05, 4.69) is 21.3 Å². The second kappa shape index (κ2) is 14.3. The molecule has 0 bridgehead atoms. The molecule has 4 rings (SSSR count). The van der Waals surface area contributed by atoms with Gasteiger partial charge in [-0.05, 0) is 72.5 Å². The van der Waals surface area contributed by atoms with Gasteiger partial charge >= 0.3 is 0 Å². The number of hydrogen-bond donors (Lipinski definition) is 4. The van der Waals surface area contributed by atoms with E-state index < -0.39 is 0 Å². The molecular formula is C29H42N6O4S4. The van der Waals surface area contributed by atoms with Crippen LogP contribution in [0, 0.1) is 22.7 Å². The van der Waals surface area contributed by atoms with Crippen molar-refractivity contribution >= 4 is 81.8 Å². The van der Waals surface area contributed by atoms with Crippen LogP contribution in [0.3, 0.4) is 0 Å². The molecule has 0 aliphatic carbocycles. The molecule has 0 radical (unpaired) electrons. The normalized spacial score (nSPS) is 22.1. The highest BCUT2D eigenvalue weighted by atomic mass is 32.2. The van der Waals surface area contributed by atoms with Crippen LogP contribution in [0.25, 0.3) is 0 Å². The molecule has 43 heavy (non-hydrogen) atoms. The van der Waals surface area contributed by atoms with Crippen molar-refractivity contribution in [2.45, 2.75) is 53.4 Å². The first-order valence-corrected chi connectivity index (χ1v) is 17.5. The zero-order valence-corrected chi connectivity index (χ0v) is 28.5. The summed E-state index contributed by atoms with van der Waals surface area (Å²) in [4.78, 5) is 55.5. The van der Waals surface area contributed by atoms with Crippen molar-refractivity contribution in [3.8, 4) is 0 Å². The second-order valence-electron chi connectivity index (χ2n) is 12.9. The Bertz CT molecular complexity index is 1140. The molecule has 4 aliphatic rings. The lowest BCUT2D eigenvalue weighted by atomic mass is 9.87. The molecule has 0 saturated carbocycles. The highest BCUT2D eigenvalue weighted by molar-refractivity contribution is 8.03. The van der Waals surface area contributed by atoms with E-state index in [1.54, 1.807) is 35.7 Å². The topological polar surface area (TPSA) is 123 Å². The van der Waals surface area contributed by atoms with E-state index in [9.17, 15) is 19.2 Å². The Balaban J connectivity index is 1.08. The monoisotopic (exact) mass is 666 g/mol. The Morgan fingerprint density at radius 3 is 1.53 bits per heavy atom. The fourth-order valence-electron chi connectivity index (χ4n) is 5.53. The molecule has 2 atom stereocenters. The predicted octanol–water partition coefficient (Wildman–Crippen LogP) is 2.72. The largest absolute Gasteiger partial charge is 0.363 e. The average Bonchev–Trinajstić information content (AvgIpc) is 3.58. The molecular weight excluding hydrogens is 625 g/mol. The fourth-order valence-corrected chi connectivity index (χ4v) is 8.26. The summed E-state index contributed by atoms with van der Waals surface area (Å²) in [6.45, 7) is 10.4. The van der Waals surface area contributed by atoms with Gasteiger partial charge in [0.25, 0.3) is 11.8 Å². The van der Waals surface area contributed by atoms with E-state index in [1.165, 1.54) is 9.80 Å². The Morgan fingerprint density at radius 2 is 1.14 bits per heavy atom. The van der Waals surface area contributed by atoms with E-state index in [0.29, 0.717) is 43.1 Å². The molecule has 0 aromatic heterocycles. The van der Waals surface area contributed by atoms with Gasteiger partial charge in [-0.25, -0.2) is 0 Å². The molecule has 0 aromatic carbocycles. The Labute approximate surface area is 273 Å². The number of fused-ring (bicyclic) bond motifs is 2. The Kier molecular flexibility index (Phi) is 11.2. The number of thiocarbonyl (C=S) groups is 2. The van der Waals surface area contributed by atoms with Gasteiger partial charge in [0.15, 0.2) is 10.2 Å². The first-order chi connectivity index (χ1) is 20.3. The number of nitrogens with zero attached hydrogens (tertiary/aromatic N) is 2. The zero-order chi connectivity index (χ0) is 31.4. The van der Waals surface area contributed by atoms with Gasteiger partial charge in [0.05, 0.1) is 18.5 Å². The molecule has 4 amide bonds. The van der Waals surface area contributed by atoms with Gasteiger partial charge in [0.1, 0.15) is 0 Å². The zero-order valence-electron chi connectivity index (χ0n) is 25.2. The van der Waals surface area contributed by atoms with Crippen LogP contribution in [0.4, 0.5) is 0 Å². The first-order valence-electron chi connectivity index (χ1n) is 14.7. The van der Waals surface area contributed by atoms with Crippen LogP contribution in [-0.4, -0.2) is 88.0 Å². The Morgan fingerprint density at radius 1 is 0.744 bits per heavy atom. The SMILES string of the molecule is CC(C)(CCNC(=S)NCNC(=S)NCCC(C)(C)CN1C(=O)C=C2SCCC2C1=O)CN1C(=O)C=C2SCCC2C1=O. The smallest absolute Gasteiger partial charge is 0.254 e. The molecule has 236 valence electrons. The number of hydrogen-bond acceptors (Lipinski definition) is 8. The van der Waals surface area contributed by atoms with Gasteiger partial charge in [-0.3, -0.25) is 29.0 Å². The number of nitrogens with one attached hydrogen (secondary N) is 4. The van der Waals surface area contributed by atoms with E-state index in [-0.39, 0.29) is 46.3 Å². The van der Waals surface area contributed by atoms with Gasteiger partial charge in [-0.15, -0.1) is 23.5 Å². The van der Waals surface area contributed by atoms with E-state index in [0.717, 1.165) is 47.0 Å². The predicted molar refractivity (Wildman–Crippen MR) is 180 cm³/mol. The lowest BCUT2D eigenvalue weighted by Gasteiger charge is -2.34. The van der Waals surface area contributed by atoms with Crippen LogP contribution < -0.4 is 21.3 Å². The molecule has 14 heteroatoms. The van der Waals surface area contributed by atoms with Gasteiger partial charge < -0.3 is 21.3 Å². The van der Waals surface area contributed by atoms with Gasteiger partial charge in [0.2, 0.25) is 11.8 Å². The number of thioether (sulfide) groups is 2. The minimum absolute atomic E-state index is 0.0729. The minimum atomic E-state index is -0.272. The third-order valence-electron chi connectivity index (χ3n) is 8.07. The lowest BCUT2D eigenvalue weighted by molar-refractivity contribution is -0.148. The van der Waals surface area contributed by atoms with Crippen molar-refractivity contribution in [2.24, 2.45) is 22.7 Å². The first kappa shape index (κ1) is 33.7. The summed E-state index contributed by atoms with van der Waals surface area (Å²) >= 11 is 14.0. The number of rotatable bonds is 12. The van der Waals surface area contributed by atoms with Crippen LogP contribution in [-0.2, 0) is 19.2 Å². The average molecular weight is 667 g/mol. The fraction of sp³-hybridized carbons (Fsp3) is 0.655. The molecule has 2 saturated heterocycles. The summed E-state index contributed by atoms with van der Waals surface area (Å²) in [6.07, 6.45) is 6.30. The van der Waals surface area contributed by atoms with Crippen molar-refractivity contribution in [1.82, 2.24) is 31.1 Å². The maximum Gasteiger partial charge on any atom is 0.254 e. The highest BCUT2D eigenvalue weighted by Gasteiger charge is 2.41. The second-order valence-corrected chi connectivity index (χ2v) is 16.0. The van der Waals surface area contributed by atoms with Crippen molar-refractivity contribution in [3.63, 3.8) is 0 Å². The third-order valence-corrected chi connectivity index (χ3v) is 11.0. The molecule has 2 fully saturated rings. The number of carbonyl (C=O) groups is 4. The van der Waals surface area contributed by atoms with Crippen LogP contribution in [0.2, 0.25) is 0 Å². The molecule has 4 N–H and O–H groups in total. The van der Waals surface area contributed by atoms with E-state index in [4.69, 9.17) is 24.4 Å². The van der Waals surface area contributed by atoms with Crippen molar-refractivity contribution < 1.29 is 19.2 Å². The van der Waals surface area contributed by atoms with Crippen molar-refractivity contribution in [3.05, 3.63) is 22.0 Å². The van der Waals surface area contributed by atoms with Crippen molar-refractivity contribution in [2.75, 3.05) is 44.4 Å². The lowest BCUT2D eigenvalue weighted by Crippen LogP contribution is -2.49. The van der Waals surface area contributed by atoms with Gasteiger partial charge in [-0.1, -0.05) is 27.7 Å². The third kappa shape index (κ3) is 8.95. The van der Waals surface area contributed by atoms with E-state index in [1.807, 2.05) is 27.7 Å². The molecule has 4 heterocycles. The van der Waals surface area contributed by atoms with Crippen LogP contribution in [0.15, 0.2) is 22.0 Å². The maximum absolute atomic E-state index is 12.9. The summed E-state index contributed by atoms with van der Waals surface area (Å²) in [5.74, 6) is 0.898. The quantitative estimate of drug-likeness (QED) is 0.139. The number of imide groups is 2. The molecule has 0 aromatic rings. The standard InChI is InChI=1S/C29H42N6O4S4/c1-28(2,15-34-22(36)13-20-18(24(34)38)5-11-42-20)7-9-30-26(40)32-17-33-27(41)31-10-8-29(3,4)16-35-23(37)14-21-19(25(35)39)6-12-43-21/h13-14,18-19H,5-12,15-17H2,1-4H3,(H2,30,32,40)(H2,31,33,41).